The van der Waals surface area contributed by atoms with E-state index in [4.69, 9.17) is 10.8 Å². The van der Waals surface area contributed by atoms with Gasteiger partial charge in [0.25, 0.3) is 0 Å². The Hall–Kier alpha value is -1.88. The molecule has 1 aromatic carbocycles. The van der Waals surface area contributed by atoms with Crippen LogP contribution in [0, 0.1) is 0 Å². The highest BCUT2D eigenvalue weighted by molar-refractivity contribution is 5.92. The Labute approximate surface area is 99.8 Å². The Morgan fingerprint density at radius 1 is 1.41 bits per heavy atom. The summed E-state index contributed by atoms with van der Waals surface area (Å²) in [5.41, 5.74) is 6.50. The van der Waals surface area contributed by atoms with Crippen LogP contribution in [0.15, 0.2) is 24.3 Å². The maximum atomic E-state index is 11.0. The van der Waals surface area contributed by atoms with Crippen LogP contribution in [0.25, 0.3) is 0 Å². The SMILES string of the molecule is CCN(CC(=O)O)Cc1cccc(C(N)=O)c1. The van der Waals surface area contributed by atoms with Crippen molar-refractivity contribution in [3.05, 3.63) is 35.4 Å². The molecule has 92 valence electrons. The molecule has 0 heterocycles. The van der Waals surface area contributed by atoms with E-state index in [2.05, 4.69) is 0 Å². The Morgan fingerprint density at radius 3 is 2.65 bits per heavy atom. The first kappa shape index (κ1) is 13.2. The van der Waals surface area contributed by atoms with Gasteiger partial charge in [-0.1, -0.05) is 19.1 Å². The molecule has 0 bridgehead atoms. The molecular formula is C12H16N2O3. The van der Waals surface area contributed by atoms with Crippen molar-refractivity contribution in [1.82, 2.24) is 4.90 Å². The lowest BCUT2D eigenvalue weighted by atomic mass is 10.1. The van der Waals surface area contributed by atoms with Crippen molar-refractivity contribution < 1.29 is 14.7 Å². The molecule has 0 fully saturated rings. The van der Waals surface area contributed by atoms with E-state index in [0.29, 0.717) is 18.7 Å². The van der Waals surface area contributed by atoms with Gasteiger partial charge < -0.3 is 10.8 Å². The second-order valence-electron chi connectivity index (χ2n) is 3.76. The van der Waals surface area contributed by atoms with E-state index in [-0.39, 0.29) is 6.54 Å². The van der Waals surface area contributed by atoms with Gasteiger partial charge in [-0.05, 0) is 24.2 Å². The highest BCUT2D eigenvalue weighted by Crippen LogP contribution is 2.08. The van der Waals surface area contributed by atoms with Crippen LogP contribution in [0.3, 0.4) is 0 Å². The summed E-state index contributed by atoms with van der Waals surface area (Å²) < 4.78 is 0. The number of amides is 1. The monoisotopic (exact) mass is 236 g/mol. The van der Waals surface area contributed by atoms with Crippen LogP contribution in [0.5, 0.6) is 0 Å². The number of carboxylic acid groups (broad SMARTS) is 1. The number of aliphatic carboxylic acids is 1. The maximum Gasteiger partial charge on any atom is 0.317 e. The molecule has 3 N–H and O–H groups in total. The topological polar surface area (TPSA) is 83.6 Å². The Kier molecular flexibility index (Phi) is 4.66. The number of nitrogens with two attached hydrogens (primary N) is 1. The van der Waals surface area contributed by atoms with E-state index in [1.54, 1.807) is 23.1 Å². The fourth-order valence-corrected chi connectivity index (χ4v) is 1.55. The zero-order valence-electron chi connectivity index (χ0n) is 9.72. The zero-order valence-corrected chi connectivity index (χ0v) is 9.72. The number of nitrogens with zero attached hydrogens (tertiary/aromatic N) is 1. The predicted molar refractivity (Wildman–Crippen MR) is 63.5 cm³/mol. The Bertz CT molecular complexity index is 418. The van der Waals surface area contributed by atoms with E-state index < -0.39 is 11.9 Å². The number of likely N-dealkylation sites (N-methyl/N-ethyl adjacent to an activating group) is 1. The minimum absolute atomic E-state index is 0.0166. The van der Waals surface area contributed by atoms with Gasteiger partial charge in [0.2, 0.25) is 5.91 Å². The summed E-state index contributed by atoms with van der Waals surface area (Å²) in [6, 6.07) is 6.91. The van der Waals surface area contributed by atoms with Gasteiger partial charge in [-0.15, -0.1) is 0 Å². The molecule has 0 aliphatic carbocycles. The molecule has 0 spiro atoms. The highest BCUT2D eigenvalue weighted by atomic mass is 16.4. The molecule has 5 nitrogen and oxygen atoms in total. The second kappa shape index (κ2) is 6.00. The minimum atomic E-state index is -0.863. The van der Waals surface area contributed by atoms with Gasteiger partial charge in [0, 0.05) is 12.1 Å². The first-order valence-electron chi connectivity index (χ1n) is 5.35. The van der Waals surface area contributed by atoms with Crippen LogP contribution in [0.2, 0.25) is 0 Å². The lowest BCUT2D eigenvalue weighted by Gasteiger charge is -2.18. The molecule has 0 saturated carbocycles. The average molecular weight is 236 g/mol. The molecule has 0 radical (unpaired) electrons. The van der Waals surface area contributed by atoms with Crippen LogP contribution in [-0.2, 0) is 11.3 Å². The summed E-state index contributed by atoms with van der Waals surface area (Å²) in [6.45, 7) is 3.00. The van der Waals surface area contributed by atoms with E-state index in [1.165, 1.54) is 0 Å². The molecule has 0 atom stereocenters. The molecule has 1 aromatic rings. The first-order chi connectivity index (χ1) is 8.02. The summed E-state index contributed by atoms with van der Waals surface area (Å²) in [7, 11) is 0. The van der Waals surface area contributed by atoms with Crippen molar-refractivity contribution in [2.75, 3.05) is 13.1 Å². The summed E-state index contributed by atoms with van der Waals surface area (Å²) >= 11 is 0. The zero-order chi connectivity index (χ0) is 12.8. The van der Waals surface area contributed by atoms with Crippen molar-refractivity contribution >= 4 is 11.9 Å². The third kappa shape index (κ3) is 4.24. The van der Waals surface area contributed by atoms with Gasteiger partial charge in [0.1, 0.15) is 0 Å². The van der Waals surface area contributed by atoms with E-state index in [9.17, 15) is 9.59 Å². The van der Waals surface area contributed by atoms with Crippen LogP contribution in [-0.4, -0.2) is 35.0 Å². The number of hydrogen-bond acceptors (Lipinski definition) is 3. The molecule has 0 aromatic heterocycles. The van der Waals surface area contributed by atoms with Crippen LogP contribution >= 0.6 is 0 Å². The van der Waals surface area contributed by atoms with E-state index in [1.807, 2.05) is 13.0 Å². The molecule has 1 amide bonds. The number of primary amides is 1. The van der Waals surface area contributed by atoms with Crippen LogP contribution in [0.1, 0.15) is 22.8 Å². The van der Waals surface area contributed by atoms with Gasteiger partial charge in [-0.3, -0.25) is 14.5 Å². The summed E-state index contributed by atoms with van der Waals surface area (Å²) in [6.07, 6.45) is 0. The van der Waals surface area contributed by atoms with Crippen LogP contribution in [0.4, 0.5) is 0 Å². The predicted octanol–water partition coefficient (Wildman–Crippen LogP) is 0.692. The number of carbonyl (C=O) groups is 2. The fourth-order valence-electron chi connectivity index (χ4n) is 1.55. The molecule has 1 rings (SSSR count). The fraction of sp³-hybridized carbons (Fsp3) is 0.333. The van der Waals surface area contributed by atoms with E-state index in [0.717, 1.165) is 5.56 Å². The summed E-state index contributed by atoms with van der Waals surface area (Å²) in [5.74, 6) is -1.34. The molecule has 5 heteroatoms. The van der Waals surface area contributed by atoms with Gasteiger partial charge >= 0.3 is 5.97 Å². The molecular weight excluding hydrogens is 220 g/mol. The lowest BCUT2D eigenvalue weighted by molar-refractivity contribution is -0.138. The van der Waals surface area contributed by atoms with Gasteiger partial charge in [-0.25, -0.2) is 0 Å². The normalized spacial score (nSPS) is 10.5. The number of rotatable bonds is 6. The molecule has 17 heavy (non-hydrogen) atoms. The van der Waals surface area contributed by atoms with Crippen molar-refractivity contribution in [2.45, 2.75) is 13.5 Å². The molecule has 0 aliphatic rings. The minimum Gasteiger partial charge on any atom is -0.480 e. The molecule has 0 unspecified atom stereocenters. The number of hydrogen-bond donors (Lipinski definition) is 2. The van der Waals surface area contributed by atoms with Gasteiger partial charge in [0.05, 0.1) is 6.54 Å². The summed E-state index contributed by atoms with van der Waals surface area (Å²) in [5, 5.41) is 8.72. The average Bonchev–Trinajstić information content (AvgIpc) is 2.28. The van der Waals surface area contributed by atoms with Crippen molar-refractivity contribution in [2.24, 2.45) is 5.73 Å². The van der Waals surface area contributed by atoms with Crippen molar-refractivity contribution in [3.63, 3.8) is 0 Å². The standard InChI is InChI=1S/C12H16N2O3/c1-2-14(8-11(15)16)7-9-4-3-5-10(6-9)12(13)17/h3-6H,2,7-8H2,1H3,(H2,13,17)(H,15,16). The smallest absolute Gasteiger partial charge is 0.317 e. The third-order valence-electron chi connectivity index (χ3n) is 2.42. The van der Waals surface area contributed by atoms with E-state index >= 15 is 0 Å². The molecule has 0 aliphatic heterocycles. The first-order valence-corrected chi connectivity index (χ1v) is 5.35. The number of carbonyl (C=O) groups excluding carboxylic acids is 1. The summed E-state index contributed by atoms with van der Waals surface area (Å²) in [4.78, 5) is 23.4. The van der Waals surface area contributed by atoms with Crippen LogP contribution < -0.4 is 5.73 Å². The lowest BCUT2D eigenvalue weighted by Crippen LogP contribution is -2.29. The molecule has 0 saturated heterocycles. The third-order valence-corrected chi connectivity index (χ3v) is 2.42. The number of benzene rings is 1. The Morgan fingerprint density at radius 2 is 2.12 bits per heavy atom. The number of carboxylic acids is 1. The van der Waals surface area contributed by atoms with Crippen molar-refractivity contribution in [1.29, 1.82) is 0 Å². The highest BCUT2D eigenvalue weighted by Gasteiger charge is 2.09. The maximum absolute atomic E-state index is 11.0. The van der Waals surface area contributed by atoms with Gasteiger partial charge in [-0.2, -0.15) is 0 Å². The van der Waals surface area contributed by atoms with Crippen molar-refractivity contribution in [3.8, 4) is 0 Å². The quantitative estimate of drug-likeness (QED) is 0.761. The second-order valence-corrected chi connectivity index (χ2v) is 3.76. The van der Waals surface area contributed by atoms with Gasteiger partial charge in [0.15, 0.2) is 0 Å². The largest absolute Gasteiger partial charge is 0.480 e. The Balaban J connectivity index is 2.75.